The van der Waals surface area contributed by atoms with E-state index >= 15 is 0 Å². The van der Waals surface area contributed by atoms with Crippen LogP contribution in [0.25, 0.3) is 5.82 Å². The maximum absolute atomic E-state index is 13.3. The molecule has 1 amide bonds. The summed E-state index contributed by atoms with van der Waals surface area (Å²) >= 11 is 6.59. The maximum atomic E-state index is 13.3. The molecule has 1 N–H and O–H groups in total. The van der Waals surface area contributed by atoms with Crippen molar-refractivity contribution in [2.24, 2.45) is 11.3 Å². The SMILES string of the molecule is CCc1nc(C(=O)NCC2CCC(S(C)(=O)=O)CC2)c(Cl)n1-c1ncc(CC(C)(C)C(F)(F)F)cc1C. The Hall–Kier alpha value is -2.14. The second-order valence-corrected chi connectivity index (χ2v) is 13.3. The summed E-state index contributed by atoms with van der Waals surface area (Å²) in [5.74, 6) is 0.639. The third-order valence-electron chi connectivity index (χ3n) is 7.11. The van der Waals surface area contributed by atoms with Crippen LogP contribution in [-0.4, -0.2) is 53.1 Å². The number of hydrogen-bond donors (Lipinski definition) is 1. The van der Waals surface area contributed by atoms with Gasteiger partial charge in [-0.1, -0.05) is 38.4 Å². The molecular formula is C25H34ClF3N4O3S. The second kappa shape index (κ2) is 10.9. The summed E-state index contributed by atoms with van der Waals surface area (Å²) < 4.78 is 65.1. The van der Waals surface area contributed by atoms with Gasteiger partial charge in [-0.05, 0) is 56.1 Å². The van der Waals surface area contributed by atoms with Crippen LogP contribution in [0.2, 0.25) is 5.15 Å². The van der Waals surface area contributed by atoms with Crippen molar-refractivity contribution >= 4 is 27.3 Å². The van der Waals surface area contributed by atoms with Crippen LogP contribution in [-0.2, 0) is 22.7 Å². The first kappa shape index (κ1) is 29.4. The maximum Gasteiger partial charge on any atom is 0.394 e. The van der Waals surface area contributed by atoms with Gasteiger partial charge in [0.1, 0.15) is 26.6 Å². The van der Waals surface area contributed by atoms with E-state index in [1.54, 1.807) is 17.6 Å². The first-order valence-electron chi connectivity index (χ1n) is 12.3. The lowest BCUT2D eigenvalue weighted by Crippen LogP contribution is -2.34. The van der Waals surface area contributed by atoms with E-state index in [0.717, 1.165) is 13.8 Å². The molecule has 1 aliphatic rings. The molecule has 1 aliphatic carbocycles. The normalized spacial score (nSPS) is 19.2. The zero-order valence-corrected chi connectivity index (χ0v) is 23.3. The Balaban J connectivity index is 1.76. The number of aryl methyl sites for hydroxylation is 2. The van der Waals surface area contributed by atoms with Crippen molar-refractivity contribution in [2.45, 2.75) is 77.6 Å². The third-order valence-corrected chi connectivity index (χ3v) is 9.14. The van der Waals surface area contributed by atoms with Gasteiger partial charge in [0, 0.05) is 25.4 Å². The lowest BCUT2D eigenvalue weighted by atomic mass is 9.85. The zero-order chi connectivity index (χ0) is 27.8. The molecule has 12 heteroatoms. The monoisotopic (exact) mass is 562 g/mol. The standard InChI is InChI=1S/C25H34ClF3N4O3S/c1-6-19-32-20(23(34)31-13-16-7-9-18(10-8-16)37(5,35)36)21(26)33(19)22-15(2)11-17(14-30-22)12-24(3,4)25(27,28)29/h11,14,16,18H,6-10,12-13H2,1-5H3,(H,31,34). The van der Waals surface area contributed by atoms with Crippen molar-refractivity contribution in [3.8, 4) is 5.82 Å². The molecule has 1 fully saturated rings. The minimum atomic E-state index is -4.35. The number of alkyl halides is 3. The fourth-order valence-electron chi connectivity index (χ4n) is 4.69. The van der Waals surface area contributed by atoms with Gasteiger partial charge in [-0.25, -0.2) is 18.4 Å². The van der Waals surface area contributed by atoms with Crippen molar-refractivity contribution in [1.82, 2.24) is 19.9 Å². The number of nitrogens with one attached hydrogen (secondary N) is 1. The predicted octanol–water partition coefficient (Wildman–Crippen LogP) is 5.26. The molecule has 2 aromatic rings. The van der Waals surface area contributed by atoms with Crippen LogP contribution in [0.15, 0.2) is 12.3 Å². The molecule has 0 atom stereocenters. The Bertz CT molecular complexity index is 1250. The van der Waals surface area contributed by atoms with Crippen LogP contribution in [0, 0.1) is 18.3 Å². The molecule has 7 nitrogen and oxygen atoms in total. The number of rotatable bonds is 8. The van der Waals surface area contributed by atoms with E-state index in [9.17, 15) is 26.4 Å². The van der Waals surface area contributed by atoms with Crippen LogP contribution in [0.5, 0.6) is 0 Å². The van der Waals surface area contributed by atoms with E-state index in [-0.39, 0.29) is 28.4 Å². The molecule has 0 bridgehead atoms. The van der Waals surface area contributed by atoms with Gasteiger partial charge in [-0.15, -0.1) is 0 Å². The van der Waals surface area contributed by atoms with E-state index in [4.69, 9.17) is 11.6 Å². The summed E-state index contributed by atoms with van der Waals surface area (Å²) in [6.07, 6.45) is 1.12. The average Bonchev–Trinajstić information content (AvgIpc) is 3.12. The number of imidazole rings is 1. The Morgan fingerprint density at radius 3 is 2.35 bits per heavy atom. The number of carbonyl (C=O) groups excluding carboxylic acids is 1. The fraction of sp³-hybridized carbons (Fsp3) is 0.640. The van der Waals surface area contributed by atoms with Crippen molar-refractivity contribution in [3.63, 3.8) is 0 Å². The fourth-order valence-corrected chi connectivity index (χ4v) is 6.13. The van der Waals surface area contributed by atoms with E-state index < -0.39 is 27.3 Å². The summed E-state index contributed by atoms with van der Waals surface area (Å²) in [5.41, 5.74) is -0.800. The molecule has 206 valence electrons. The quantitative estimate of drug-likeness (QED) is 0.474. The summed E-state index contributed by atoms with van der Waals surface area (Å²) in [6, 6.07) is 1.65. The van der Waals surface area contributed by atoms with Crippen LogP contribution >= 0.6 is 11.6 Å². The van der Waals surface area contributed by atoms with Gasteiger partial charge in [-0.3, -0.25) is 9.36 Å². The molecule has 2 heterocycles. The Kier molecular flexibility index (Phi) is 8.68. The highest BCUT2D eigenvalue weighted by Gasteiger charge is 2.47. The molecule has 0 spiro atoms. The molecule has 2 aromatic heterocycles. The lowest BCUT2D eigenvalue weighted by molar-refractivity contribution is -0.211. The molecule has 0 saturated heterocycles. The second-order valence-electron chi connectivity index (χ2n) is 10.6. The molecule has 3 rings (SSSR count). The van der Waals surface area contributed by atoms with Gasteiger partial charge in [0.25, 0.3) is 5.91 Å². The Morgan fingerprint density at radius 1 is 1.22 bits per heavy atom. The number of pyridine rings is 1. The van der Waals surface area contributed by atoms with Crippen LogP contribution in [0.4, 0.5) is 13.2 Å². The minimum Gasteiger partial charge on any atom is -0.350 e. The number of carbonyl (C=O) groups is 1. The van der Waals surface area contributed by atoms with Crippen LogP contribution in [0.1, 0.15) is 73.9 Å². The number of hydrogen-bond acceptors (Lipinski definition) is 5. The van der Waals surface area contributed by atoms with Gasteiger partial charge in [0.2, 0.25) is 0 Å². The molecule has 37 heavy (non-hydrogen) atoms. The summed E-state index contributed by atoms with van der Waals surface area (Å²) in [4.78, 5) is 21.8. The van der Waals surface area contributed by atoms with Gasteiger partial charge in [0.05, 0.1) is 10.7 Å². The third kappa shape index (κ3) is 6.66. The minimum absolute atomic E-state index is 0.0480. The smallest absolute Gasteiger partial charge is 0.350 e. The largest absolute Gasteiger partial charge is 0.394 e. The Labute approximate surface area is 221 Å². The molecule has 0 unspecified atom stereocenters. The van der Waals surface area contributed by atoms with E-state index in [1.807, 2.05) is 6.92 Å². The molecular weight excluding hydrogens is 529 g/mol. The lowest BCUT2D eigenvalue weighted by Gasteiger charge is -2.27. The van der Waals surface area contributed by atoms with E-state index in [0.29, 0.717) is 61.4 Å². The summed E-state index contributed by atoms with van der Waals surface area (Å²) in [5, 5.41) is 2.62. The number of halogens is 4. The van der Waals surface area contributed by atoms with Gasteiger partial charge >= 0.3 is 6.18 Å². The van der Waals surface area contributed by atoms with Crippen molar-refractivity contribution in [2.75, 3.05) is 12.8 Å². The topological polar surface area (TPSA) is 94.0 Å². The first-order valence-corrected chi connectivity index (χ1v) is 14.6. The highest BCUT2D eigenvalue weighted by Crippen LogP contribution is 2.40. The predicted molar refractivity (Wildman–Crippen MR) is 137 cm³/mol. The van der Waals surface area contributed by atoms with E-state index in [2.05, 4.69) is 15.3 Å². The zero-order valence-electron chi connectivity index (χ0n) is 21.7. The summed E-state index contributed by atoms with van der Waals surface area (Å²) in [7, 11) is -3.06. The van der Waals surface area contributed by atoms with Gasteiger partial charge < -0.3 is 5.32 Å². The highest BCUT2D eigenvalue weighted by atomic mass is 35.5. The molecule has 0 radical (unpaired) electrons. The molecule has 0 aliphatic heterocycles. The highest BCUT2D eigenvalue weighted by molar-refractivity contribution is 7.91. The number of aromatic nitrogens is 3. The number of sulfone groups is 1. The van der Waals surface area contributed by atoms with Crippen LogP contribution in [0.3, 0.4) is 0 Å². The van der Waals surface area contributed by atoms with E-state index in [1.165, 1.54) is 12.5 Å². The number of nitrogens with zero attached hydrogens (tertiary/aromatic N) is 3. The van der Waals surface area contributed by atoms with Crippen molar-refractivity contribution in [3.05, 3.63) is 40.1 Å². The van der Waals surface area contributed by atoms with Crippen LogP contribution < -0.4 is 5.32 Å². The molecule has 1 saturated carbocycles. The van der Waals surface area contributed by atoms with Crippen molar-refractivity contribution in [1.29, 1.82) is 0 Å². The Morgan fingerprint density at radius 2 is 1.84 bits per heavy atom. The summed E-state index contributed by atoms with van der Waals surface area (Å²) in [6.45, 7) is 6.28. The van der Waals surface area contributed by atoms with Crippen molar-refractivity contribution < 1.29 is 26.4 Å². The number of amides is 1. The first-order chi connectivity index (χ1) is 17.0. The average molecular weight is 563 g/mol. The van der Waals surface area contributed by atoms with Gasteiger partial charge in [-0.2, -0.15) is 13.2 Å². The van der Waals surface area contributed by atoms with Gasteiger partial charge in [0.15, 0.2) is 5.69 Å². The molecule has 0 aromatic carbocycles.